The van der Waals surface area contributed by atoms with E-state index in [4.69, 9.17) is 16.6 Å². The van der Waals surface area contributed by atoms with Crippen LogP contribution in [0.25, 0.3) is 11.0 Å². The maximum absolute atomic E-state index is 5.99. The molecule has 3 rings (SSSR count). The van der Waals surface area contributed by atoms with E-state index in [9.17, 15) is 0 Å². The zero-order valence-corrected chi connectivity index (χ0v) is 13.8. The number of alkyl halides is 1. The largest absolute Gasteiger partial charge is 0.324 e. The van der Waals surface area contributed by atoms with Gasteiger partial charge in [-0.3, -0.25) is 0 Å². The van der Waals surface area contributed by atoms with E-state index in [0.717, 1.165) is 17.8 Å². The molecule has 2 nitrogen and oxygen atoms in total. The van der Waals surface area contributed by atoms with Crippen molar-refractivity contribution in [3.63, 3.8) is 0 Å². The fraction of sp³-hybridized carbons (Fsp3) is 0.588. The number of imidazole rings is 1. The minimum atomic E-state index is 0.297. The molecule has 0 atom stereocenters. The number of para-hydroxylation sites is 1. The van der Waals surface area contributed by atoms with Crippen LogP contribution in [-0.4, -0.2) is 15.4 Å². The normalized spacial score (nSPS) is 20.5. The standard InChI is InChI=1S/C17H23ClN2/c1-11-7-6-8-12-14(11)19-13(9-10-18)20(12)15-16(2,3)17(15,4)5/h6-8,15H,9-10H2,1-5H3. The lowest BCUT2D eigenvalue weighted by Gasteiger charge is -2.11. The Hall–Kier alpha value is -1.02. The number of rotatable bonds is 3. The van der Waals surface area contributed by atoms with Gasteiger partial charge in [-0.25, -0.2) is 4.98 Å². The number of nitrogens with zero attached hydrogens (tertiary/aromatic N) is 2. The summed E-state index contributed by atoms with van der Waals surface area (Å²) < 4.78 is 2.45. The molecule has 0 radical (unpaired) electrons. The summed E-state index contributed by atoms with van der Waals surface area (Å²) in [5, 5.41) is 0. The van der Waals surface area contributed by atoms with Gasteiger partial charge in [0.25, 0.3) is 0 Å². The fourth-order valence-electron chi connectivity index (χ4n) is 3.66. The van der Waals surface area contributed by atoms with Crippen LogP contribution in [0.2, 0.25) is 0 Å². The molecular formula is C17H23ClN2. The number of aromatic nitrogens is 2. The lowest BCUT2D eigenvalue weighted by Crippen LogP contribution is -2.07. The second kappa shape index (κ2) is 4.24. The number of hydrogen-bond donors (Lipinski definition) is 0. The van der Waals surface area contributed by atoms with Crippen LogP contribution in [-0.2, 0) is 6.42 Å². The molecule has 1 fully saturated rings. The third-order valence-corrected chi connectivity index (χ3v) is 5.70. The molecule has 0 unspecified atom stereocenters. The van der Waals surface area contributed by atoms with Gasteiger partial charge in [0.2, 0.25) is 0 Å². The summed E-state index contributed by atoms with van der Waals surface area (Å²) in [4.78, 5) is 4.87. The molecular weight excluding hydrogens is 268 g/mol. The van der Waals surface area contributed by atoms with Gasteiger partial charge in [-0.15, -0.1) is 11.6 Å². The Balaban J connectivity index is 2.24. The van der Waals surface area contributed by atoms with Crippen LogP contribution < -0.4 is 0 Å². The molecule has 1 saturated carbocycles. The van der Waals surface area contributed by atoms with Gasteiger partial charge in [0.1, 0.15) is 5.82 Å². The molecule has 108 valence electrons. The van der Waals surface area contributed by atoms with E-state index in [1.165, 1.54) is 11.1 Å². The summed E-state index contributed by atoms with van der Waals surface area (Å²) in [6.07, 6.45) is 0.832. The van der Waals surface area contributed by atoms with Gasteiger partial charge in [0.05, 0.1) is 11.0 Å². The highest BCUT2D eigenvalue weighted by Crippen LogP contribution is 2.72. The molecule has 20 heavy (non-hydrogen) atoms. The Bertz CT molecular complexity index is 653. The molecule has 0 N–H and O–H groups in total. The highest BCUT2D eigenvalue weighted by molar-refractivity contribution is 6.17. The van der Waals surface area contributed by atoms with Crippen molar-refractivity contribution in [1.82, 2.24) is 9.55 Å². The van der Waals surface area contributed by atoms with Crippen molar-refractivity contribution in [3.8, 4) is 0 Å². The molecule has 2 aromatic rings. The molecule has 0 amide bonds. The Morgan fingerprint density at radius 3 is 2.40 bits per heavy atom. The maximum atomic E-state index is 5.99. The molecule has 0 saturated heterocycles. The number of halogens is 1. The van der Waals surface area contributed by atoms with Gasteiger partial charge >= 0.3 is 0 Å². The van der Waals surface area contributed by atoms with E-state index >= 15 is 0 Å². The number of aryl methyl sites for hydroxylation is 2. The van der Waals surface area contributed by atoms with Crippen LogP contribution in [0.1, 0.15) is 45.1 Å². The minimum absolute atomic E-state index is 0.297. The molecule has 1 aliphatic rings. The molecule has 1 aromatic heterocycles. The van der Waals surface area contributed by atoms with Gasteiger partial charge in [-0.05, 0) is 29.4 Å². The third kappa shape index (κ3) is 1.67. The summed E-state index contributed by atoms with van der Waals surface area (Å²) in [6, 6.07) is 6.95. The molecule has 0 bridgehead atoms. The lowest BCUT2D eigenvalue weighted by atomic mass is 10.0. The van der Waals surface area contributed by atoms with E-state index in [2.05, 4.69) is 57.4 Å². The highest BCUT2D eigenvalue weighted by Gasteiger charge is 2.66. The second-order valence-electron chi connectivity index (χ2n) is 7.13. The molecule has 1 heterocycles. The van der Waals surface area contributed by atoms with E-state index < -0.39 is 0 Å². The quantitative estimate of drug-likeness (QED) is 0.747. The van der Waals surface area contributed by atoms with E-state index in [-0.39, 0.29) is 0 Å². The topological polar surface area (TPSA) is 17.8 Å². The van der Waals surface area contributed by atoms with Crippen molar-refractivity contribution in [3.05, 3.63) is 29.6 Å². The Morgan fingerprint density at radius 1 is 1.20 bits per heavy atom. The summed E-state index contributed by atoms with van der Waals surface area (Å²) in [6.45, 7) is 11.5. The zero-order valence-electron chi connectivity index (χ0n) is 13.0. The first-order valence-corrected chi connectivity index (χ1v) is 7.88. The van der Waals surface area contributed by atoms with E-state index in [1.807, 2.05) is 0 Å². The first-order valence-electron chi connectivity index (χ1n) is 7.34. The van der Waals surface area contributed by atoms with Crippen molar-refractivity contribution >= 4 is 22.6 Å². The monoisotopic (exact) mass is 290 g/mol. The maximum Gasteiger partial charge on any atom is 0.111 e. The van der Waals surface area contributed by atoms with Crippen LogP contribution in [0, 0.1) is 17.8 Å². The van der Waals surface area contributed by atoms with Crippen molar-refractivity contribution in [2.45, 2.75) is 47.1 Å². The van der Waals surface area contributed by atoms with Crippen molar-refractivity contribution < 1.29 is 0 Å². The predicted octanol–water partition coefficient (Wildman–Crippen LogP) is 4.73. The average Bonchev–Trinajstić information content (AvgIpc) is 2.67. The van der Waals surface area contributed by atoms with Crippen molar-refractivity contribution in [1.29, 1.82) is 0 Å². The number of fused-ring (bicyclic) bond motifs is 1. The van der Waals surface area contributed by atoms with E-state index in [0.29, 0.717) is 22.8 Å². The highest BCUT2D eigenvalue weighted by atomic mass is 35.5. The Morgan fingerprint density at radius 2 is 1.85 bits per heavy atom. The molecule has 0 aliphatic heterocycles. The first-order chi connectivity index (χ1) is 9.32. The Kier molecular flexibility index (Phi) is 2.95. The van der Waals surface area contributed by atoms with E-state index in [1.54, 1.807) is 0 Å². The Labute approximate surface area is 126 Å². The number of benzene rings is 1. The minimum Gasteiger partial charge on any atom is -0.324 e. The van der Waals surface area contributed by atoms with Crippen LogP contribution in [0.5, 0.6) is 0 Å². The van der Waals surface area contributed by atoms with Gasteiger partial charge in [0, 0.05) is 18.3 Å². The second-order valence-corrected chi connectivity index (χ2v) is 7.50. The van der Waals surface area contributed by atoms with Crippen molar-refractivity contribution in [2.75, 3.05) is 5.88 Å². The molecule has 1 aromatic carbocycles. The van der Waals surface area contributed by atoms with Crippen LogP contribution in [0.15, 0.2) is 18.2 Å². The van der Waals surface area contributed by atoms with Crippen LogP contribution in [0.4, 0.5) is 0 Å². The predicted molar refractivity (Wildman–Crippen MR) is 85.5 cm³/mol. The number of hydrogen-bond acceptors (Lipinski definition) is 1. The molecule has 0 spiro atoms. The fourth-order valence-corrected chi connectivity index (χ4v) is 3.83. The smallest absolute Gasteiger partial charge is 0.111 e. The van der Waals surface area contributed by atoms with Gasteiger partial charge in [0.15, 0.2) is 0 Å². The third-order valence-electron chi connectivity index (χ3n) is 5.52. The van der Waals surface area contributed by atoms with Crippen molar-refractivity contribution in [2.24, 2.45) is 10.8 Å². The van der Waals surface area contributed by atoms with Gasteiger partial charge in [-0.2, -0.15) is 0 Å². The summed E-state index contributed by atoms with van der Waals surface area (Å²) in [5.74, 6) is 1.75. The summed E-state index contributed by atoms with van der Waals surface area (Å²) in [7, 11) is 0. The molecule has 1 aliphatic carbocycles. The average molecular weight is 291 g/mol. The van der Waals surface area contributed by atoms with Gasteiger partial charge < -0.3 is 4.57 Å². The SMILES string of the molecule is Cc1cccc2c1nc(CCCl)n2C1C(C)(C)C1(C)C. The first kappa shape index (κ1) is 13.9. The van der Waals surface area contributed by atoms with Crippen LogP contribution >= 0.6 is 11.6 Å². The lowest BCUT2D eigenvalue weighted by molar-refractivity contribution is 0.457. The van der Waals surface area contributed by atoms with Crippen LogP contribution in [0.3, 0.4) is 0 Å². The van der Waals surface area contributed by atoms with Gasteiger partial charge in [-0.1, -0.05) is 39.8 Å². The summed E-state index contributed by atoms with van der Waals surface area (Å²) in [5.41, 5.74) is 4.23. The molecule has 3 heteroatoms. The zero-order chi connectivity index (χ0) is 14.7. The summed E-state index contributed by atoms with van der Waals surface area (Å²) >= 11 is 5.99.